The summed E-state index contributed by atoms with van der Waals surface area (Å²) in [7, 11) is 0. The Bertz CT molecular complexity index is 418. The normalized spacial score (nSPS) is 21.7. The zero-order valence-corrected chi connectivity index (χ0v) is 11.7. The van der Waals surface area contributed by atoms with Gasteiger partial charge in [-0.1, -0.05) is 13.8 Å². The van der Waals surface area contributed by atoms with E-state index in [0.29, 0.717) is 11.8 Å². The maximum Gasteiger partial charge on any atom is 0.225 e. The Hall–Kier alpha value is -1.16. The summed E-state index contributed by atoms with van der Waals surface area (Å²) in [5.74, 6) is 1.58. The smallest absolute Gasteiger partial charge is 0.225 e. The van der Waals surface area contributed by atoms with Gasteiger partial charge in [-0.25, -0.2) is 9.97 Å². The Morgan fingerprint density at radius 3 is 2.61 bits per heavy atom. The van der Waals surface area contributed by atoms with E-state index in [1.807, 2.05) is 13.8 Å². The highest BCUT2D eigenvalue weighted by Crippen LogP contribution is 2.24. The predicted molar refractivity (Wildman–Crippen MR) is 72.9 cm³/mol. The molecule has 1 saturated heterocycles. The Balaban J connectivity index is 2.19. The lowest BCUT2D eigenvalue weighted by Gasteiger charge is -2.19. The Labute approximate surface area is 109 Å². The molecule has 0 spiro atoms. The lowest BCUT2D eigenvalue weighted by atomic mass is 10.0. The predicted octanol–water partition coefficient (Wildman–Crippen LogP) is 2.12. The summed E-state index contributed by atoms with van der Waals surface area (Å²) in [5, 5.41) is 9.65. The van der Waals surface area contributed by atoms with Gasteiger partial charge in [0.25, 0.3) is 0 Å². The van der Waals surface area contributed by atoms with Gasteiger partial charge in [-0.05, 0) is 32.3 Å². The SMILES string of the molecule is Cc1cc(C(C)C)nc(N2CCC(C(C)O)C2)n1. The second-order valence-corrected chi connectivity index (χ2v) is 5.62. The summed E-state index contributed by atoms with van der Waals surface area (Å²) in [6, 6.07) is 2.05. The van der Waals surface area contributed by atoms with E-state index in [4.69, 9.17) is 0 Å². The third-order valence-corrected chi connectivity index (χ3v) is 3.64. The van der Waals surface area contributed by atoms with Crippen molar-refractivity contribution in [3.63, 3.8) is 0 Å². The van der Waals surface area contributed by atoms with Crippen molar-refractivity contribution in [2.75, 3.05) is 18.0 Å². The molecular formula is C14H23N3O. The van der Waals surface area contributed by atoms with E-state index in [9.17, 15) is 5.11 Å². The van der Waals surface area contributed by atoms with Crippen LogP contribution in [0.4, 0.5) is 5.95 Å². The summed E-state index contributed by atoms with van der Waals surface area (Å²) < 4.78 is 0. The minimum Gasteiger partial charge on any atom is -0.393 e. The number of hydrogen-bond acceptors (Lipinski definition) is 4. The average molecular weight is 249 g/mol. The fourth-order valence-electron chi connectivity index (χ4n) is 2.38. The molecule has 2 unspecified atom stereocenters. The molecule has 4 nitrogen and oxygen atoms in total. The highest BCUT2D eigenvalue weighted by Gasteiger charge is 2.27. The molecule has 1 aliphatic heterocycles. The summed E-state index contributed by atoms with van der Waals surface area (Å²) in [6.45, 7) is 9.97. The highest BCUT2D eigenvalue weighted by atomic mass is 16.3. The molecule has 0 bridgehead atoms. The van der Waals surface area contributed by atoms with Gasteiger partial charge in [0.2, 0.25) is 5.95 Å². The molecule has 1 N–H and O–H groups in total. The van der Waals surface area contributed by atoms with Crippen molar-refractivity contribution in [2.24, 2.45) is 5.92 Å². The lowest BCUT2D eigenvalue weighted by Crippen LogP contribution is -2.26. The van der Waals surface area contributed by atoms with Crippen LogP contribution in [0.25, 0.3) is 0 Å². The van der Waals surface area contributed by atoms with Gasteiger partial charge in [0.1, 0.15) is 0 Å². The molecule has 18 heavy (non-hydrogen) atoms. The molecule has 2 heterocycles. The van der Waals surface area contributed by atoms with Gasteiger partial charge >= 0.3 is 0 Å². The standard InChI is InChI=1S/C14H23N3O/c1-9(2)13-7-10(3)15-14(16-13)17-6-5-12(8-17)11(4)18/h7,9,11-12,18H,5-6,8H2,1-4H3. The monoisotopic (exact) mass is 249 g/mol. The first-order chi connectivity index (χ1) is 8.47. The Morgan fingerprint density at radius 1 is 1.33 bits per heavy atom. The molecule has 1 aromatic heterocycles. The summed E-state index contributed by atoms with van der Waals surface area (Å²) in [4.78, 5) is 11.4. The molecular weight excluding hydrogens is 226 g/mol. The zero-order chi connectivity index (χ0) is 13.3. The summed E-state index contributed by atoms with van der Waals surface area (Å²) >= 11 is 0. The van der Waals surface area contributed by atoms with Crippen LogP contribution in [0.2, 0.25) is 0 Å². The molecule has 1 aliphatic rings. The van der Waals surface area contributed by atoms with Gasteiger partial charge in [0, 0.05) is 30.4 Å². The third-order valence-electron chi connectivity index (χ3n) is 3.64. The van der Waals surface area contributed by atoms with Gasteiger partial charge < -0.3 is 10.0 Å². The van der Waals surface area contributed by atoms with Crippen LogP contribution in [0.5, 0.6) is 0 Å². The molecule has 2 rings (SSSR count). The van der Waals surface area contributed by atoms with Gasteiger partial charge in [0.05, 0.1) is 6.10 Å². The molecule has 4 heteroatoms. The van der Waals surface area contributed by atoms with Gasteiger partial charge in [0.15, 0.2) is 0 Å². The van der Waals surface area contributed by atoms with Crippen LogP contribution in [-0.2, 0) is 0 Å². The minimum atomic E-state index is -0.246. The average Bonchev–Trinajstić information content (AvgIpc) is 2.77. The number of aliphatic hydroxyl groups is 1. The second kappa shape index (κ2) is 5.22. The highest BCUT2D eigenvalue weighted by molar-refractivity contribution is 5.34. The Morgan fingerprint density at radius 2 is 2.06 bits per heavy atom. The van der Waals surface area contributed by atoms with Gasteiger partial charge in [-0.2, -0.15) is 0 Å². The van der Waals surface area contributed by atoms with Crippen LogP contribution in [0, 0.1) is 12.8 Å². The maximum atomic E-state index is 9.65. The number of hydrogen-bond donors (Lipinski definition) is 1. The van der Waals surface area contributed by atoms with E-state index in [1.54, 1.807) is 0 Å². The van der Waals surface area contributed by atoms with Crippen LogP contribution in [0.15, 0.2) is 6.07 Å². The fourth-order valence-corrected chi connectivity index (χ4v) is 2.38. The number of aliphatic hydroxyl groups excluding tert-OH is 1. The number of anilines is 1. The molecule has 0 radical (unpaired) electrons. The van der Waals surface area contributed by atoms with E-state index in [1.165, 1.54) is 0 Å². The van der Waals surface area contributed by atoms with E-state index in [0.717, 1.165) is 36.8 Å². The molecule has 1 fully saturated rings. The Kier molecular flexibility index (Phi) is 3.85. The zero-order valence-electron chi connectivity index (χ0n) is 11.7. The summed E-state index contributed by atoms with van der Waals surface area (Å²) in [6.07, 6.45) is 0.774. The topological polar surface area (TPSA) is 49.2 Å². The first kappa shape index (κ1) is 13.3. The van der Waals surface area contributed by atoms with Crippen molar-refractivity contribution >= 4 is 5.95 Å². The fraction of sp³-hybridized carbons (Fsp3) is 0.714. The molecule has 0 saturated carbocycles. The van der Waals surface area contributed by atoms with Crippen molar-refractivity contribution in [3.8, 4) is 0 Å². The van der Waals surface area contributed by atoms with Crippen molar-refractivity contribution < 1.29 is 5.11 Å². The molecule has 0 aliphatic carbocycles. The molecule has 1 aromatic rings. The van der Waals surface area contributed by atoms with Crippen LogP contribution in [0.1, 0.15) is 44.5 Å². The van der Waals surface area contributed by atoms with E-state index in [2.05, 4.69) is 34.8 Å². The molecule has 0 aromatic carbocycles. The quantitative estimate of drug-likeness (QED) is 0.891. The first-order valence-corrected chi connectivity index (χ1v) is 6.76. The van der Waals surface area contributed by atoms with Crippen LogP contribution in [0.3, 0.4) is 0 Å². The second-order valence-electron chi connectivity index (χ2n) is 5.62. The van der Waals surface area contributed by atoms with Crippen molar-refractivity contribution in [1.82, 2.24) is 9.97 Å². The largest absolute Gasteiger partial charge is 0.393 e. The number of rotatable bonds is 3. The van der Waals surface area contributed by atoms with Crippen LogP contribution >= 0.6 is 0 Å². The third kappa shape index (κ3) is 2.80. The van der Waals surface area contributed by atoms with Crippen LogP contribution < -0.4 is 4.90 Å². The minimum absolute atomic E-state index is 0.246. The van der Waals surface area contributed by atoms with Crippen LogP contribution in [-0.4, -0.2) is 34.3 Å². The van der Waals surface area contributed by atoms with Gasteiger partial charge in [-0.3, -0.25) is 0 Å². The van der Waals surface area contributed by atoms with Crippen molar-refractivity contribution in [2.45, 2.75) is 46.1 Å². The number of nitrogens with zero attached hydrogens (tertiary/aromatic N) is 3. The number of aryl methyl sites for hydroxylation is 1. The molecule has 2 atom stereocenters. The maximum absolute atomic E-state index is 9.65. The van der Waals surface area contributed by atoms with Crippen molar-refractivity contribution in [3.05, 3.63) is 17.5 Å². The number of aromatic nitrogens is 2. The first-order valence-electron chi connectivity index (χ1n) is 6.76. The van der Waals surface area contributed by atoms with E-state index < -0.39 is 0 Å². The van der Waals surface area contributed by atoms with Crippen molar-refractivity contribution in [1.29, 1.82) is 0 Å². The summed E-state index contributed by atoms with van der Waals surface area (Å²) in [5.41, 5.74) is 2.11. The lowest BCUT2D eigenvalue weighted by molar-refractivity contribution is 0.136. The van der Waals surface area contributed by atoms with Gasteiger partial charge in [-0.15, -0.1) is 0 Å². The molecule has 100 valence electrons. The van der Waals surface area contributed by atoms with E-state index in [-0.39, 0.29) is 6.10 Å². The van der Waals surface area contributed by atoms with E-state index >= 15 is 0 Å². The molecule has 0 amide bonds.